The molecule has 6 nitrogen and oxygen atoms in total. The van der Waals surface area contributed by atoms with E-state index < -0.39 is 17.2 Å². The number of carbonyl (C=O) groups excluding carboxylic acids is 2. The first-order valence-electron chi connectivity index (χ1n) is 8.45. The first-order valence-corrected chi connectivity index (χ1v) is 10.2. The van der Waals surface area contributed by atoms with Gasteiger partial charge in [-0.25, -0.2) is 14.8 Å². The fraction of sp³-hybridized carbons (Fsp3) is 0.263. The van der Waals surface area contributed by atoms with Gasteiger partial charge < -0.3 is 5.73 Å². The van der Waals surface area contributed by atoms with Crippen LogP contribution in [-0.2, 0) is 4.79 Å². The Balaban J connectivity index is 2.01. The molecule has 3 aromatic rings. The molecular weight excluding hydrogens is 380 g/mol. The Morgan fingerprint density at radius 1 is 1.19 bits per heavy atom. The van der Waals surface area contributed by atoms with Crippen molar-refractivity contribution in [2.75, 3.05) is 0 Å². The van der Waals surface area contributed by atoms with Crippen LogP contribution in [0.25, 0.3) is 20.7 Å². The highest BCUT2D eigenvalue weighted by Gasteiger charge is 2.26. The van der Waals surface area contributed by atoms with E-state index in [0.29, 0.717) is 5.82 Å². The van der Waals surface area contributed by atoms with Gasteiger partial charge >= 0.3 is 6.03 Å². The molecule has 8 heteroatoms. The highest BCUT2D eigenvalue weighted by atomic mass is 32.2. The molecule has 0 saturated carbocycles. The molecule has 140 valence electrons. The molecule has 27 heavy (non-hydrogen) atoms. The number of thioether (sulfide) groups is 1. The molecule has 3 N–H and O–H groups in total. The van der Waals surface area contributed by atoms with Crippen molar-refractivity contribution < 1.29 is 9.59 Å². The highest BCUT2D eigenvalue weighted by Crippen LogP contribution is 2.38. The summed E-state index contributed by atoms with van der Waals surface area (Å²) in [4.78, 5) is 34.5. The molecule has 0 unspecified atom stereocenters. The van der Waals surface area contributed by atoms with E-state index in [9.17, 15) is 9.59 Å². The van der Waals surface area contributed by atoms with Gasteiger partial charge in [0.15, 0.2) is 0 Å². The van der Waals surface area contributed by atoms with Crippen molar-refractivity contribution in [2.45, 2.75) is 31.0 Å². The predicted molar refractivity (Wildman–Crippen MR) is 110 cm³/mol. The molecule has 0 bridgehead atoms. The number of benzene rings is 1. The van der Waals surface area contributed by atoms with Crippen LogP contribution in [0, 0.1) is 12.8 Å². The monoisotopic (exact) mass is 400 g/mol. The molecule has 1 atom stereocenters. The topological polar surface area (TPSA) is 98.0 Å². The third-order valence-electron chi connectivity index (χ3n) is 3.88. The SMILES string of the molecule is Cc1nc(S[C@@H](C(=O)NC(N)=O)C(C)C)c2cc(-c3ccccc3)sc2n1. The molecular formula is C19H20N4O2S2. The first-order chi connectivity index (χ1) is 12.8. The van der Waals surface area contributed by atoms with E-state index in [4.69, 9.17) is 5.73 Å². The molecule has 2 aromatic heterocycles. The third kappa shape index (κ3) is 4.45. The molecule has 0 aliphatic carbocycles. The number of hydrogen-bond donors (Lipinski definition) is 2. The summed E-state index contributed by atoms with van der Waals surface area (Å²) in [5.74, 6) is 0.224. The number of thiophene rings is 1. The zero-order chi connectivity index (χ0) is 19.6. The number of rotatable bonds is 5. The number of amides is 3. The zero-order valence-electron chi connectivity index (χ0n) is 15.2. The highest BCUT2D eigenvalue weighted by molar-refractivity contribution is 8.00. The fourth-order valence-electron chi connectivity index (χ4n) is 2.64. The average molecular weight is 401 g/mol. The van der Waals surface area contributed by atoms with Crippen LogP contribution in [0.3, 0.4) is 0 Å². The van der Waals surface area contributed by atoms with E-state index in [1.807, 2.05) is 39.0 Å². The number of fused-ring (bicyclic) bond motifs is 1. The van der Waals surface area contributed by atoms with Crippen LogP contribution in [-0.4, -0.2) is 27.2 Å². The number of hydrogen-bond acceptors (Lipinski definition) is 6. The molecule has 3 amide bonds. The van der Waals surface area contributed by atoms with E-state index in [0.717, 1.165) is 25.7 Å². The largest absolute Gasteiger partial charge is 0.351 e. The third-order valence-corrected chi connectivity index (χ3v) is 6.50. The van der Waals surface area contributed by atoms with Crippen molar-refractivity contribution in [3.8, 4) is 10.4 Å². The zero-order valence-corrected chi connectivity index (χ0v) is 16.9. The van der Waals surface area contributed by atoms with Gasteiger partial charge in [0.05, 0.1) is 5.25 Å². The number of aryl methyl sites for hydroxylation is 1. The predicted octanol–water partition coefficient (Wildman–Crippen LogP) is 3.98. The maximum atomic E-state index is 12.4. The lowest BCUT2D eigenvalue weighted by Gasteiger charge is -2.18. The number of carbonyl (C=O) groups is 2. The Morgan fingerprint density at radius 2 is 1.89 bits per heavy atom. The van der Waals surface area contributed by atoms with Gasteiger partial charge in [-0.1, -0.05) is 55.9 Å². The van der Waals surface area contributed by atoms with Gasteiger partial charge in [-0.05, 0) is 24.5 Å². The van der Waals surface area contributed by atoms with Crippen LogP contribution in [0.2, 0.25) is 0 Å². The fourth-order valence-corrected chi connectivity index (χ4v) is 4.93. The van der Waals surface area contributed by atoms with Crippen LogP contribution in [0.15, 0.2) is 41.4 Å². The van der Waals surface area contributed by atoms with Crippen LogP contribution < -0.4 is 11.1 Å². The number of nitrogens with zero attached hydrogens (tertiary/aromatic N) is 2. The molecule has 3 rings (SSSR count). The lowest BCUT2D eigenvalue weighted by Crippen LogP contribution is -2.42. The van der Waals surface area contributed by atoms with Crippen molar-refractivity contribution in [2.24, 2.45) is 11.7 Å². The standard InChI is InChI=1S/C19H20N4O2S2/c1-10(2)15(16(24)23-19(20)25)27-18-13-9-14(12-7-5-4-6-8-12)26-17(13)21-11(3)22-18/h4-10,15H,1-3H3,(H3,20,23,24,25)/t15-/m1/s1. The molecule has 0 aliphatic heterocycles. The molecule has 0 spiro atoms. The van der Waals surface area contributed by atoms with Crippen molar-refractivity contribution in [3.63, 3.8) is 0 Å². The summed E-state index contributed by atoms with van der Waals surface area (Å²) >= 11 is 2.93. The Bertz CT molecular complexity index is 986. The van der Waals surface area contributed by atoms with E-state index in [2.05, 4.69) is 33.5 Å². The molecule has 0 aliphatic rings. The van der Waals surface area contributed by atoms with Gasteiger partial charge in [-0.2, -0.15) is 0 Å². The minimum absolute atomic E-state index is 0.00750. The van der Waals surface area contributed by atoms with Gasteiger partial charge in [0.2, 0.25) is 5.91 Å². The summed E-state index contributed by atoms with van der Waals surface area (Å²) in [7, 11) is 0. The number of nitrogens with one attached hydrogen (secondary N) is 1. The molecule has 1 aromatic carbocycles. The summed E-state index contributed by atoms with van der Waals surface area (Å²) in [5.41, 5.74) is 6.22. The van der Waals surface area contributed by atoms with E-state index >= 15 is 0 Å². The summed E-state index contributed by atoms with van der Waals surface area (Å²) in [6, 6.07) is 11.3. The van der Waals surface area contributed by atoms with E-state index in [1.165, 1.54) is 11.8 Å². The Kier molecular flexibility index (Phi) is 5.76. The maximum absolute atomic E-state index is 12.4. The van der Waals surface area contributed by atoms with Crippen LogP contribution in [0.4, 0.5) is 4.79 Å². The van der Waals surface area contributed by atoms with Crippen LogP contribution in [0.5, 0.6) is 0 Å². The van der Waals surface area contributed by atoms with E-state index in [-0.39, 0.29) is 5.92 Å². The van der Waals surface area contributed by atoms with Gasteiger partial charge in [-0.15, -0.1) is 11.3 Å². The van der Waals surface area contributed by atoms with Gasteiger partial charge in [0, 0.05) is 10.3 Å². The lowest BCUT2D eigenvalue weighted by molar-refractivity contribution is -0.120. The van der Waals surface area contributed by atoms with Gasteiger partial charge in [-0.3, -0.25) is 10.1 Å². The minimum Gasteiger partial charge on any atom is -0.351 e. The van der Waals surface area contributed by atoms with Crippen molar-refractivity contribution >= 4 is 45.3 Å². The summed E-state index contributed by atoms with van der Waals surface area (Å²) < 4.78 is 0. The second kappa shape index (κ2) is 8.06. The molecule has 0 fully saturated rings. The number of nitrogens with two attached hydrogens (primary N) is 1. The van der Waals surface area contributed by atoms with Crippen LogP contribution >= 0.6 is 23.1 Å². The lowest BCUT2D eigenvalue weighted by atomic mass is 10.1. The smallest absolute Gasteiger partial charge is 0.318 e. The maximum Gasteiger partial charge on any atom is 0.318 e. The van der Waals surface area contributed by atoms with E-state index in [1.54, 1.807) is 11.3 Å². The molecule has 2 heterocycles. The summed E-state index contributed by atoms with van der Waals surface area (Å²) in [5, 5.41) is 3.33. The van der Waals surface area contributed by atoms with Crippen molar-refractivity contribution in [3.05, 3.63) is 42.2 Å². The second-order valence-electron chi connectivity index (χ2n) is 6.41. The first kappa shape index (κ1) is 19.3. The Morgan fingerprint density at radius 3 is 2.52 bits per heavy atom. The second-order valence-corrected chi connectivity index (χ2v) is 8.57. The quantitative estimate of drug-likeness (QED) is 0.499. The Hall–Kier alpha value is -2.45. The normalized spacial score (nSPS) is 12.3. The van der Waals surface area contributed by atoms with Gasteiger partial charge in [0.1, 0.15) is 15.7 Å². The number of imide groups is 1. The Labute approximate surface area is 165 Å². The average Bonchev–Trinajstić information content (AvgIpc) is 3.03. The summed E-state index contributed by atoms with van der Waals surface area (Å²) in [6.07, 6.45) is 0. The summed E-state index contributed by atoms with van der Waals surface area (Å²) in [6.45, 7) is 5.68. The van der Waals surface area contributed by atoms with Crippen molar-refractivity contribution in [1.82, 2.24) is 15.3 Å². The number of urea groups is 1. The van der Waals surface area contributed by atoms with Gasteiger partial charge in [0.25, 0.3) is 0 Å². The van der Waals surface area contributed by atoms with Crippen LogP contribution in [0.1, 0.15) is 19.7 Å². The molecule has 0 saturated heterocycles. The molecule has 0 radical (unpaired) electrons. The minimum atomic E-state index is -0.850. The van der Waals surface area contributed by atoms with Crippen molar-refractivity contribution in [1.29, 1.82) is 0 Å². The number of primary amides is 1. The number of aromatic nitrogens is 2.